The lowest BCUT2D eigenvalue weighted by Gasteiger charge is -2.32. The standard InChI is InChI=1S/C23H29N3O2S/c1-25-11-8-16(14-25)20-18-4-2-3-5-19(18)29-21(20)22(27)24-17-9-12-26(13-10-17)23(28)15-6-7-15/h2-5,15-17H,6-14H2,1H3,(H,24,27). The van der Waals surface area contributed by atoms with E-state index in [0.717, 1.165) is 63.2 Å². The number of carbonyl (C=O) groups excluding carboxylic acids is 2. The fraction of sp³-hybridized carbons (Fsp3) is 0.565. The van der Waals surface area contributed by atoms with Crippen LogP contribution in [-0.2, 0) is 4.79 Å². The zero-order valence-corrected chi connectivity index (χ0v) is 17.8. The summed E-state index contributed by atoms with van der Waals surface area (Å²) in [6.07, 6.45) is 4.94. The van der Waals surface area contributed by atoms with Gasteiger partial charge in [0.05, 0.1) is 4.88 Å². The number of likely N-dealkylation sites (N-methyl/N-ethyl adjacent to an activating group) is 1. The minimum Gasteiger partial charge on any atom is -0.348 e. The Bertz CT molecular complexity index is 927. The van der Waals surface area contributed by atoms with E-state index in [4.69, 9.17) is 0 Å². The third-order valence-electron chi connectivity index (χ3n) is 6.71. The molecule has 2 aromatic rings. The first-order valence-corrected chi connectivity index (χ1v) is 11.7. The van der Waals surface area contributed by atoms with Crippen molar-refractivity contribution in [2.75, 3.05) is 33.2 Å². The van der Waals surface area contributed by atoms with Gasteiger partial charge >= 0.3 is 0 Å². The van der Waals surface area contributed by atoms with Crippen molar-refractivity contribution in [1.82, 2.24) is 15.1 Å². The minimum atomic E-state index is 0.0720. The van der Waals surface area contributed by atoms with Crippen LogP contribution in [0.5, 0.6) is 0 Å². The number of benzene rings is 1. The maximum absolute atomic E-state index is 13.3. The Morgan fingerprint density at radius 1 is 1.03 bits per heavy atom. The maximum atomic E-state index is 13.3. The molecule has 2 saturated heterocycles. The van der Waals surface area contributed by atoms with Crippen LogP contribution in [0, 0.1) is 5.92 Å². The summed E-state index contributed by atoms with van der Waals surface area (Å²) in [7, 11) is 2.16. The van der Waals surface area contributed by atoms with Crippen LogP contribution in [0.15, 0.2) is 24.3 Å². The summed E-state index contributed by atoms with van der Waals surface area (Å²) >= 11 is 1.63. The molecule has 154 valence electrons. The molecule has 5 nitrogen and oxygen atoms in total. The van der Waals surface area contributed by atoms with Crippen molar-refractivity contribution in [2.24, 2.45) is 5.92 Å². The number of hydrogen-bond acceptors (Lipinski definition) is 4. The lowest BCUT2D eigenvalue weighted by molar-refractivity contribution is -0.133. The normalized spacial score (nSPS) is 23.6. The van der Waals surface area contributed by atoms with Gasteiger partial charge in [-0.15, -0.1) is 11.3 Å². The number of piperidine rings is 1. The number of rotatable bonds is 4. The third kappa shape index (κ3) is 3.80. The van der Waals surface area contributed by atoms with Crippen molar-refractivity contribution >= 4 is 33.2 Å². The average molecular weight is 412 g/mol. The first kappa shape index (κ1) is 19.1. The van der Waals surface area contributed by atoms with Crippen molar-refractivity contribution in [3.8, 4) is 0 Å². The first-order chi connectivity index (χ1) is 14.1. The van der Waals surface area contributed by atoms with E-state index in [0.29, 0.717) is 11.8 Å². The van der Waals surface area contributed by atoms with Gasteiger partial charge in [0, 0.05) is 42.2 Å². The Balaban J connectivity index is 1.31. The number of nitrogens with one attached hydrogen (secondary N) is 1. The summed E-state index contributed by atoms with van der Waals surface area (Å²) in [5, 5.41) is 4.54. The van der Waals surface area contributed by atoms with E-state index < -0.39 is 0 Å². The van der Waals surface area contributed by atoms with Crippen molar-refractivity contribution in [3.05, 3.63) is 34.7 Å². The topological polar surface area (TPSA) is 52.7 Å². The van der Waals surface area contributed by atoms with Gasteiger partial charge < -0.3 is 15.1 Å². The molecule has 2 aliphatic heterocycles. The summed E-state index contributed by atoms with van der Waals surface area (Å²) in [4.78, 5) is 30.8. The van der Waals surface area contributed by atoms with Crippen molar-refractivity contribution in [3.63, 3.8) is 0 Å². The number of hydrogen-bond donors (Lipinski definition) is 1. The molecule has 1 atom stereocenters. The SMILES string of the molecule is CN1CCC(c2c(C(=O)NC3CCN(C(=O)C4CC4)CC3)sc3ccccc23)C1. The molecule has 29 heavy (non-hydrogen) atoms. The van der Waals surface area contributed by atoms with Gasteiger partial charge in [0.15, 0.2) is 0 Å². The van der Waals surface area contributed by atoms with Gasteiger partial charge in [0.1, 0.15) is 0 Å². The minimum absolute atomic E-state index is 0.0720. The van der Waals surface area contributed by atoms with Gasteiger partial charge in [-0.3, -0.25) is 9.59 Å². The highest BCUT2D eigenvalue weighted by molar-refractivity contribution is 7.21. The molecule has 1 aliphatic carbocycles. The highest BCUT2D eigenvalue weighted by atomic mass is 32.1. The Labute approximate surface area is 176 Å². The van der Waals surface area contributed by atoms with Crippen LogP contribution >= 0.6 is 11.3 Å². The molecule has 3 heterocycles. The van der Waals surface area contributed by atoms with Crippen molar-refractivity contribution < 1.29 is 9.59 Å². The summed E-state index contributed by atoms with van der Waals surface area (Å²) in [5.74, 6) is 1.11. The smallest absolute Gasteiger partial charge is 0.261 e. The summed E-state index contributed by atoms with van der Waals surface area (Å²) in [5.41, 5.74) is 1.24. The molecule has 1 aromatic carbocycles. The van der Waals surface area contributed by atoms with Crippen LogP contribution in [0.4, 0.5) is 0 Å². The third-order valence-corrected chi connectivity index (χ3v) is 7.89. The van der Waals surface area contributed by atoms with Crippen LogP contribution < -0.4 is 5.32 Å². The average Bonchev–Trinajstić information content (AvgIpc) is 3.38. The number of carbonyl (C=O) groups is 2. The van der Waals surface area contributed by atoms with Gasteiger partial charge in [-0.2, -0.15) is 0 Å². The molecule has 0 spiro atoms. The quantitative estimate of drug-likeness (QED) is 0.838. The van der Waals surface area contributed by atoms with E-state index in [9.17, 15) is 9.59 Å². The molecule has 3 aliphatic rings. The summed E-state index contributed by atoms with van der Waals surface area (Å²) < 4.78 is 1.20. The molecule has 1 aromatic heterocycles. The van der Waals surface area contributed by atoms with Gasteiger partial charge in [-0.25, -0.2) is 0 Å². The molecular weight excluding hydrogens is 382 g/mol. The largest absolute Gasteiger partial charge is 0.348 e. The van der Waals surface area contributed by atoms with E-state index in [1.54, 1.807) is 11.3 Å². The van der Waals surface area contributed by atoms with Crippen LogP contribution in [0.1, 0.15) is 53.3 Å². The molecule has 5 rings (SSSR count). The van der Waals surface area contributed by atoms with Crippen LogP contribution in [0.25, 0.3) is 10.1 Å². The number of fused-ring (bicyclic) bond motifs is 1. The molecule has 1 unspecified atom stereocenters. The van der Waals surface area contributed by atoms with E-state index in [1.165, 1.54) is 15.6 Å². The van der Waals surface area contributed by atoms with Crippen molar-refractivity contribution in [2.45, 2.75) is 44.1 Å². The van der Waals surface area contributed by atoms with Crippen LogP contribution in [0.3, 0.4) is 0 Å². The molecule has 0 radical (unpaired) electrons. The first-order valence-electron chi connectivity index (χ1n) is 10.9. The number of likely N-dealkylation sites (tertiary alicyclic amines) is 2. The van der Waals surface area contributed by atoms with E-state index >= 15 is 0 Å². The molecule has 2 amide bonds. The lowest BCUT2D eigenvalue weighted by Crippen LogP contribution is -2.47. The van der Waals surface area contributed by atoms with Gasteiger partial charge in [0.2, 0.25) is 5.91 Å². The zero-order chi connectivity index (χ0) is 20.0. The zero-order valence-electron chi connectivity index (χ0n) is 17.0. The highest BCUT2D eigenvalue weighted by Crippen LogP contribution is 2.40. The highest BCUT2D eigenvalue weighted by Gasteiger charge is 2.35. The predicted molar refractivity (Wildman–Crippen MR) is 116 cm³/mol. The molecule has 0 bridgehead atoms. The Hall–Kier alpha value is -1.92. The van der Waals surface area contributed by atoms with E-state index in [2.05, 4.69) is 41.5 Å². The second kappa shape index (κ2) is 7.73. The van der Waals surface area contributed by atoms with Crippen LogP contribution in [0.2, 0.25) is 0 Å². The lowest BCUT2D eigenvalue weighted by atomic mass is 9.94. The Morgan fingerprint density at radius 3 is 2.48 bits per heavy atom. The summed E-state index contributed by atoms with van der Waals surface area (Å²) in [6, 6.07) is 8.58. The maximum Gasteiger partial charge on any atom is 0.261 e. The second-order valence-corrected chi connectivity index (χ2v) is 9.99. The Kier molecular flexibility index (Phi) is 5.08. The predicted octanol–water partition coefficient (Wildman–Crippen LogP) is 3.45. The second-order valence-electron chi connectivity index (χ2n) is 8.94. The summed E-state index contributed by atoms with van der Waals surface area (Å²) in [6.45, 7) is 3.64. The Morgan fingerprint density at radius 2 is 1.79 bits per heavy atom. The molecular formula is C23H29N3O2S. The molecule has 1 N–H and O–H groups in total. The van der Waals surface area contributed by atoms with Crippen molar-refractivity contribution in [1.29, 1.82) is 0 Å². The van der Waals surface area contributed by atoms with Gasteiger partial charge in [-0.1, -0.05) is 18.2 Å². The number of thiophene rings is 1. The van der Waals surface area contributed by atoms with Gasteiger partial charge in [-0.05, 0) is 62.7 Å². The molecule has 3 fully saturated rings. The van der Waals surface area contributed by atoms with Crippen LogP contribution in [-0.4, -0.2) is 60.9 Å². The molecule has 1 saturated carbocycles. The van der Waals surface area contributed by atoms with E-state index in [-0.39, 0.29) is 17.9 Å². The fourth-order valence-electron chi connectivity index (χ4n) is 4.89. The fourth-order valence-corrected chi connectivity index (χ4v) is 6.09. The molecule has 6 heteroatoms. The van der Waals surface area contributed by atoms with E-state index in [1.807, 2.05) is 4.90 Å². The number of amides is 2. The number of nitrogens with zero attached hydrogens (tertiary/aromatic N) is 2. The monoisotopic (exact) mass is 411 g/mol. The van der Waals surface area contributed by atoms with Gasteiger partial charge in [0.25, 0.3) is 5.91 Å².